The predicted molar refractivity (Wildman–Crippen MR) is 117 cm³/mol. The molecule has 1 aromatic carbocycles. The van der Waals surface area contributed by atoms with Crippen molar-refractivity contribution in [1.82, 2.24) is 14.2 Å². The van der Waals surface area contributed by atoms with Crippen LogP contribution in [0.15, 0.2) is 47.5 Å². The summed E-state index contributed by atoms with van der Waals surface area (Å²) in [5.41, 5.74) is 1.50. The van der Waals surface area contributed by atoms with Crippen molar-refractivity contribution >= 4 is 21.6 Å². The quantitative estimate of drug-likeness (QED) is 0.578. The number of benzene rings is 1. The van der Waals surface area contributed by atoms with Crippen LogP contribution in [-0.4, -0.2) is 81.6 Å². The van der Waals surface area contributed by atoms with Gasteiger partial charge in [0.1, 0.15) is 12.3 Å². The Bertz CT molecular complexity index is 974. The van der Waals surface area contributed by atoms with Crippen LogP contribution >= 0.6 is 0 Å². The van der Waals surface area contributed by atoms with E-state index in [1.54, 1.807) is 49.7 Å². The molecule has 3 rings (SSSR count). The highest BCUT2D eigenvalue weighted by atomic mass is 32.2. The average molecular weight is 449 g/mol. The molecular formula is C21H28N4O5S. The predicted octanol–water partition coefficient (Wildman–Crippen LogP) is 1.36. The molecule has 10 heteroatoms. The molecule has 0 atom stereocenters. The molecule has 2 heterocycles. The van der Waals surface area contributed by atoms with Crippen molar-refractivity contribution in [2.75, 3.05) is 58.4 Å². The Labute approximate surface area is 183 Å². The number of carbonyl (C=O) groups excluding carboxylic acids is 1. The van der Waals surface area contributed by atoms with Gasteiger partial charge in [-0.15, -0.1) is 0 Å². The SMILES string of the molecule is COCCOc1ncccc1NC(=O)CN1CCN(S(=O)(=O)c2ccc(C)cc2)CC1. The number of pyridine rings is 1. The Morgan fingerprint density at radius 1 is 1.10 bits per heavy atom. The number of sulfonamides is 1. The monoisotopic (exact) mass is 448 g/mol. The highest BCUT2D eigenvalue weighted by molar-refractivity contribution is 7.89. The molecule has 0 saturated carbocycles. The number of aryl methyl sites for hydroxylation is 1. The van der Waals surface area contributed by atoms with E-state index in [1.807, 2.05) is 11.8 Å². The lowest BCUT2D eigenvalue weighted by Gasteiger charge is -2.33. The summed E-state index contributed by atoms with van der Waals surface area (Å²) < 4.78 is 37.6. The summed E-state index contributed by atoms with van der Waals surface area (Å²) in [5, 5.41) is 2.82. The van der Waals surface area contributed by atoms with Gasteiger partial charge in [-0.1, -0.05) is 17.7 Å². The Hall–Kier alpha value is -2.53. The fourth-order valence-electron chi connectivity index (χ4n) is 3.20. The van der Waals surface area contributed by atoms with Gasteiger partial charge in [0.15, 0.2) is 0 Å². The summed E-state index contributed by atoms with van der Waals surface area (Å²) in [6, 6.07) is 10.3. The molecule has 1 aliphatic heterocycles. The lowest BCUT2D eigenvalue weighted by molar-refractivity contribution is -0.117. The molecule has 1 aliphatic rings. The maximum atomic E-state index is 12.8. The number of piperazine rings is 1. The van der Waals surface area contributed by atoms with Gasteiger partial charge in [0.05, 0.1) is 18.0 Å². The van der Waals surface area contributed by atoms with Crippen molar-refractivity contribution in [2.24, 2.45) is 0 Å². The molecule has 0 spiro atoms. The summed E-state index contributed by atoms with van der Waals surface area (Å²) in [6.45, 7) is 4.44. The highest BCUT2D eigenvalue weighted by Gasteiger charge is 2.29. The second-order valence-corrected chi connectivity index (χ2v) is 9.18. The van der Waals surface area contributed by atoms with Gasteiger partial charge in [0.2, 0.25) is 21.8 Å². The van der Waals surface area contributed by atoms with Gasteiger partial charge < -0.3 is 14.8 Å². The van der Waals surface area contributed by atoms with E-state index in [0.29, 0.717) is 55.9 Å². The first-order valence-corrected chi connectivity index (χ1v) is 11.5. The third-order valence-electron chi connectivity index (χ3n) is 4.93. The molecule has 1 amide bonds. The van der Waals surface area contributed by atoms with Gasteiger partial charge in [-0.2, -0.15) is 4.31 Å². The molecule has 1 fully saturated rings. The van der Waals surface area contributed by atoms with Gasteiger partial charge in [-0.3, -0.25) is 9.69 Å². The number of amides is 1. The number of anilines is 1. The first-order chi connectivity index (χ1) is 14.9. The number of hydrogen-bond donors (Lipinski definition) is 1. The summed E-state index contributed by atoms with van der Waals surface area (Å²) in [5.74, 6) is 0.126. The van der Waals surface area contributed by atoms with Crippen molar-refractivity contribution in [3.8, 4) is 5.88 Å². The average Bonchev–Trinajstić information content (AvgIpc) is 2.76. The van der Waals surface area contributed by atoms with Gasteiger partial charge >= 0.3 is 0 Å². The largest absolute Gasteiger partial charge is 0.474 e. The van der Waals surface area contributed by atoms with E-state index in [0.717, 1.165) is 5.56 Å². The number of methoxy groups -OCH3 is 1. The highest BCUT2D eigenvalue weighted by Crippen LogP contribution is 2.21. The van der Waals surface area contributed by atoms with E-state index in [1.165, 1.54) is 4.31 Å². The Morgan fingerprint density at radius 3 is 2.48 bits per heavy atom. The van der Waals surface area contributed by atoms with Crippen LogP contribution in [-0.2, 0) is 19.6 Å². The Balaban J connectivity index is 1.52. The third kappa shape index (κ3) is 6.23. The molecular weight excluding hydrogens is 420 g/mol. The topological polar surface area (TPSA) is 101 Å². The van der Waals surface area contributed by atoms with Crippen molar-refractivity contribution in [3.63, 3.8) is 0 Å². The minimum absolute atomic E-state index is 0.158. The molecule has 168 valence electrons. The number of aromatic nitrogens is 1. The lowest BCUT2D eigenvalue weighted by atomic mass is 10.2. The van der Waals surface area contributed by atoms with E-state index >= 15 is 0 Å². The molecule has 9 nitrogen and oxygen atoms in total. The maximum Gasteiger partial charge on any atom is 0.243 e. The summed E-state index contributed by atoms with van der Waals surface area (Å²) in [4.78, 5) is 18.9. The number of carbonyl (C=O) groups is 1. The molecule has 0 bridgehead atoms. The number of rotatable bonds is 9. The first kappa shape index (κ1) is 23.1. The van der Waals surface area contributed by atoms with Gasteiger partial charge in [-0.05, 0) is 31.2 Å². The minimum Gasteiger partial charge on any atom is -0.474 e. The van der Waals surface area contributed by atoms with Crippen LogP contribution in [0.3, 0.4) is 0 Å². The van der Waals surface area contributed by atoms with Gasteiger partial charge in [0, 0.05) is 39.5 Å². The molecule has 1 aromatic heterocycles. The van der Waals surface area contributed by atoms with Crippen LogP contribution in [0.25, 0.3) is 0 Å². The van der Waals surface area contributed by atoms with Crippen molar-refractivity contribution in [2.45, 2.75) is 11.8 Å². The van der Waals surface area contributed by atoms with Crippen molar-refractivity contribution < 1.29 is 22.7 Å². The molecule has 2 aromatic rings. The second-order valence-electron chi connectivity index (χ2n) is 7.24. The molecule has 1 saturated heterocycles. The van der Waals surface area contributed by atoms with Gasteiger partial charge in [-0.25, -0.2) is 13.4 Å². The van der Waals surface area contributed by atoms with Crippen molar-refractivity contribution in [1.29, 1.82) is 0 Å². The summed E-state index contributed by atoms with van der Waals surface area (Å²) in [6.07, 6.45) is 1.59. The van der Waals surface area contributed by atoms with Crippen molar-refractivity contribution in [3.05, 3.63) is 48.2 Å². The van der Waals surface area contributed by atoms with Crippen LogP contribution < -0.4 is 10.1 Å². The minimum atomic E-state index is -3.52. The van der Waals surface area contributed by atoms with Crippen LogP contribution in [0, 0.1) is 6.92 Å². The second kappa shape index (κ2) is 10.7. The molecule has 0 aliphatic carbocycles. The lowest BCUT2D eigenvalue weighted by Crippen LogP contribution is -2.50. The zero-order valence-electron chi connectivity index (χ0n) is 17.8. The van der Waals surface area contributed by atoms with E-state index in [4.69, 9.17) is 9.47 Å². The Morgan fingerprint density at radius 2 is 1.81 bits per heavy atom. The molecule has 1 N–H and O–H groups in total. The molecule has 31 heavy (non-hydrogen) atoms. The van der Waals surface area contributed by atoms with E-state index in [-0.39, 0.29) is 12.5 Å². The molecule has 0 radical (unpaired) electrons. The van der Waals surface area contributed by atoms with Crippen LogP contribution in [0.2, 0.25) is 0 Å². The maximum absolute atomic E-state index is 12.8. The van der Waals surface area contributed by atoms with E-state index < -0.39 is 10.0 Å². The van der Waals surface area contributed by atoms with Crippen LogP contribution in [0.5, 0.6) is 5.88 Å². The number of hydrogen-bond acceptors (Lipinski definition) is 7. The number of nitrogens with zero attached hydrogens (tertiary/aromatic N) is 3. The smallest absolute Gasteiger partial charge is 0.243 e. The zero-order valence-corrected chi connectivity index (χ0v) is 18.6. The fourth-order valence-corrected chi connectivity index (χ4v) is 4.62. The van der Waals surface area contributed by atoms with Crippen LogP contribution in [0.4, 0.5) is 5.69 Å². The van der Waals surface area contributed by atoms with E-state index in [9.17, 15) is 13.2 Å². The Kier molecular flexibility index (Phi) is 7.97. The van der Waals surface area contributed by atoms with Crippen LogP contribution in [0.1, 0.15) is 5.56 Å². The van der Waals surface area contributed by atoms with Gasteiger partial charge in [0.25, 0.3) is 0 Å². The summed E-state index contributed by atoms with van der Waals surface area (Å²) in [7, 11) is -1.95. The standard InChI is InChI=1S/C21H28N4O5S/c1-17-5-7-18(8-6-17)31(27,28)25-12-10-24(11-13-25)16-20(26)23-19-4-3-9-22-21(19)30-15-14-29-2/h3-9H,10-16H2,1-2H3,(H,23,26). The third-order valence-corrected chi connectivity index (χ3v) is 6.84. The number of ether oxygens (including phenoxy) is 2. The van der Waals surface area contributed by atoms with E-state index in [2.05, 4.69) is 10.3 Å². The zero-order chi connectivity index (χ0) is 22.3. The molecule has 0 unspecified atom stereocenters. The fraction of sp³-hybridized carbons (Fsp3) is 0.429. The summed E-state index contributed by atoms with van der Waals surface area (Å²) >= 11 is 0. The normalized spacial score (nSPS) is 15.5. The number of nitrogens with one attached hydrogen (secondary N) is 1. The first-order valence-electron chi connectivity index (χ1n) is 10.1.